The Labute approximate surface area is 137 Å². The van der Waals surface area contributed by atoms with E-state index in [-0.39, 0.29) is 0 Å². The van der Waals surface area contributed by atoms with E-state index in [4.69, 9.17) is 28.3 Å². The van der Waals surface area contributed by atoms with E-state index in [1.807, 2.05) is 0 Å². The van der Waals surface area contributed by atoms with Crippen LogP contribution in [0.2, 0.25) is 10.0 Å². The molecule has 6 nitrogen and oxygen atoms in total. The normalized spacial score (nSPS) is 17.7. The van der Waals surface area contributed by atoms with Crippen molar-refractivity contribution < 1.29 is 19.5 Å². The van der Waals surface area contributed by atoms with Gasteiger partial charge in [-0.15, -0.1) is 0 Å². The Hall–Kier alpha value is -1.79. The number of rotatable bonds is 4. The summed E-state index contributed by atoms with van der Waals surface area (Å²) in [5, 5.41) is 9.52. The number of likely N-dealkylation sites (N-methyl/N-ethyl adjacent to an activating group) is 1. The number of halogens is 2. The van der Waals surface area contributed by atoms with Crippen LogP contribution in [0.15, 0.2) is 18.2 Å². The van der Waals surface area contributed by atoms with E-state index in [1.165, 1.54) is 11.9 Å². The molecule has 0 spiro atoms. The lowest BCUT2D eigenvalue weighted by molar-refractivity contribution is -0.146. The van der Waals surface area contributed by atoms with Gasteiger partial charge in [-0.3, -0.25) is 14.4 Å². The minimum atomic E-state index is -1.13. The Morgan fingerprint density at radius 1 is 1.41 bits per heavy atom. The number of aliphatic carboxylic acids is 1. The van der Waals surface area contributed by atoms with Crippen LogP contribution in [0.25, 0.3) is 0 Å². The van der Waals surface area contributed by atoms with Crippen LogP contribution in [0.4, 0.5) is 5.69 Å². The number of nitrogens with zero attached hydrogens (tertiary/aromatic N) is 2. The zero-order valence-corrected chi connectivity index (χ0v) is 13.3. The van der Waals surface area contributed by atoms with Gasteiger partial charge < -0.3 is 14.9 Å². The summed E-state index contributed by atoms with van der Waals surface area (Å²) in [7, 11) is 1.36. The number of carboxylic acid groups (broad SMARTS) is 1. The van der Waals surface area contributed by atoms with E-state index in [1.54, 1.807) is 18.2 Å². The number of benzene rings is 1. The molecule has 8 heteroatoms. The van der Waals surface area contributed by atoms with Crippen molar-refractivity contribution in [1.82, 2.24) is 4.90 Å². The Morgan fingerprint density at radius 2 is 2.09 bits per heavy atom. The summed E-state index contributed by atoms with van der Waals surface area (Å²) in [5.74, 6) is -2.92. The second-order valence-electron chi connectivity index (χ2n) is 5.01. The molecule has 0 aliphatic carbocycles. The molecule has 1 atom stereocenters. The van der Waals surface area contributed by atoms with Gasteiger partial charge >= 0.3 is 5.97 Å². The Kier molecular flexibility index (Phi) is 4.93. The van der Waals surface area contributed by atoms with Gasteiger partial charge in [-0.25, -0.2) is 0 Å². The molecule has 1 fully saturated rings. The number of anilines is 1. The molecule has 1 saturated heterocycles. The number of carbonyl (C=O) groups excluding carboxylic acids is 2. The molecule has 0 saturated carbocycles. The molecule has 1 aromatic carbocycles. The third-order valence-corrected chi connectivity index (χ3v) is 4.01. The van der Waals surface area contributed by atoms with Crippen molar-refractivity contribution in [2.24, 2.45) is 5.92 Å². The number of hydrogen-bond donors (Lipinski definition) is 1. The molecule has 2 rings (SSSR count). The van der Waals surface area contributed by atoms with Crippen LogP contribution in [0.3, 0.4) is 0 Å². The molecular weight excluding hydrogens is 331 g/mol. The number of carbonyl (C=O) groups is 3. The Balaban J connectivity index is 2.17. The van der Waals surface area contributed by atoms with Crippen LogP contribution < -0.4 is 4.90 Å². The summed E-state index contributed by atoms with van der Waals surface area (Å²) >= 11 is 12.0. The highest BCUT2D eigenvalue weighted by molar-refractivity contribution is 6.36. The van der Waals surface area contributed by atoms with Gasteiger partial charge in [0, 0.05) is 18.6 Å². The van der Waals surface area contributed by atoms with Crippen molar-refractivity contribution in [2.75, 3.05) is 25.0 Å². The monoisotopic (exact) mass is 344 g/mol. The third-order valence-electron chi connectivity index (χ3n) is 3.45. The maximum Gasteiger partial charge on any atom is 0.323 e. The van der Waals surface area contributed by atoms with Crippen molar-refractivity contribution in [3.63, 3.8) is 0 Å². The summed E-state index contributed by atoms with van der Waals surface area (Å²) in [6.07, 6.45) is 0.310. The minimum absolute atomic E-state index is 0.310. The highest BCUT2D eigenvalue weighted by Gasteiger charge is 2.39. The van der Waals surface area contributed by atoms with E-state index in [0.29, 0.717) is 28.7 Å². The van der Waals surface area contributed by atoms with E-state index in [9.17, 15) is 14.4 Å². The molecule has 1 aliphatic rings. The first-order valence-corrected chi connectivity index (χ1v) is 7.30. The largest absolute Gasteiger partial charge is 0.480 e. The van der Waals surface area contributed by atoms with E-state index in [0.717, 1.165) is 4.90 Å². The predicted molar refractivity (Wildman–Crippen MR) is 82.2 cm³/mol. The molecule has 0 radical (unpaired) electrons. The topological polar surface area (TPSA) is 77.9 Å². The fourth-order valence-corrected chi connectivity index (χ4v) is 2.77. The first-order valence-electron chi connectivity index (χ1n) is 6.54. The van der Waals surface area contributed by atoms with E-state index < -0.39 is 30.2 Å². The van der Waals surface area contributed by atoms with Crippen molar-refractivity contribution in [2.45, 2.75) is 6.42 Å². The smallest absolute Gasteiger partial charge is 0.323 e. The number of hydrogen-bond acceptors (Lipinski definition) is 3. The standard InChI is InChI=1S/C14H14Cl2N2O4/c1-17(7-12(19)20)13(21)9-4-5-18(14(9)22)11-6-8(15)2-3-10(11)16/h2-3,6,9H,4-5,7H2,1H3,(H,19,20)/t9-/m1/s1. The van der Waals surface area contributed by atoms with E-state index in [2.05, 4.69) is 0 Å². The maximum absolute atomic E-state index is 12.4. The van der Waals surface area contributed by atoms with Gasteiger partial charge in [0.05, 0.1) is 10.7 Å². The van der Waals surface area contributed by atoms with Crippen LogP contribution in [0, 0.1) is 5.92 Å². The third kappa shape index (κ3) is 3.34. The predicted octanol–water partition coefficient (Wildman–Crippen LogP) is 1.89. The SMILES string of the molecule is CN(CC(=O)O)C(=O)[C@H]1CCN(c2cc(Cl)ccc2Cl)C1=O. The molecule has 1 aromatic rings. The zero-order chi connectivity index (χ0) is 16.4. The molecular formula is C14H14Cl2N2O4. The van der Waals surface area contributed by atoms with Gasteiger partial charge in [0.25, 0.3) is 0 Å². The van der Waals surface area contributed by atoms with Crippen molar-refractivity contribution >= 4 is 46.7 Å². The van der Waals surface area contributed by atoms with Gasteiger partial charge in [-0.2, -0.15) is 0 Å². The van der Waals surface area contributed by atoms with Gasteiger partial charge in [0.15, 0.2) is 0 Å². The van der Waals surface area contributed by atoms with Gasteiger partial charge in [-0.1, -0.05) is 23.2 Å². The Bertz CT molecular complexity index is 635. The summed E-state index contributed by atoms with van der Waals surface area (Å²) < 4.78 is 0. The second-order valence-corrected chi connectivity index (χ2v) is 5.86. The first kappa shape index (κ1) is 16.6. The molecule has 118 valence electrons. The molecule has 1 aliphatic heterocycles. The highest BCUT2D eigenvalue weighted by atomic mass is 35.5. The molecule has 1 N–H and O–H groups in total. The zero-order valence-electron chi connectivity index (χ0n) is 11.8. The van der Waals surface area contributed by atoms with Crippen LogP contribution in [-0.2, 0) is 14.4 Å². The fourth-order valence-electron chi connectivity index (χ4n) is 2.39. The molecule has 2 amide bonds. The summed E-state index contributed by atoms with van der Waals surface area (Å²) in [6.45, 7) is -0.114. The van der Waals surface area contributed by atoms with E-state index >= 15 is 0 Å². The van der Waals surface area contributed by atoms with Gasteiger partial charge in [0.2, 0.25) is 11.8 Å². The fraction of sp³-hybridized carbons (Fsp3) is 0.357. The minimum Gasteiger partial charge on any atom is -0.480 e. The molecule has 0 bridgehead atoms. The lowest BCUT2D eigenvalue weighted by Gasteiger charge is -2.20. The molecule has 0 aromatic heterocycles. The number of amides is 2. The average molecular weight is 345 g/mol. The maximum atomic E-state index is 12.4. The van der Waals surface area contributed by atoms with Gasteiger partial charge in [0.1, 0.15) is 12.5 Å². The molecule has 1 heterocycles. The van der Waals surface area contributed by atoms with Crippen molar-refractivity contribution in [1.29, 1.82) is 0 Å². The second kappa shape index (κ2) is 6.54. The summed E-state index contributed by atoms with van der Waals surface area (Å²) in [6, 6.07) is 4.75. The quantitative estimate of drug-likeness (QED) is 0.846. The van der Waals surface area contributed by atoms with Gasteiger partial charge in [-0.05, 0) is 24.6 Å². The summed E-state index contributed by atoms with van der Waals surface area (Å²) in [5.41, 5.74) is 0.454. The Morgan fingerprint density at radius 3 is 2.73 bits per heavy atom. The van der Waals surface area contributed by atoms with Crippen LogP contribution >= 0.6 is 23.2 Å². The van der Waals surface area contributed by atoms with Crippen molar-refractivity contribution in [3.05, 3.63) is 28.2 Å². The lowest BCUT2D eigenvalue weighted by atomic mass is 10.1. The lowest BCUT2D eigenvalue weighted by Crippen LogP contribution is -2.40. The first-order chi connectivity index (χ1) is 10.3. The molecule has 0 unspecified atom stereocenters. The van der Waals surface area contributed by atoms with Crippen LogP contribution in [0.5, 0.6) is 0 Å². The number of carboxylic acids is 1. The van der Waals surface area contributed by atoms with Crippen LogP contribution in [0.1, 0.15) is 6.42 Å². The highest BCUT2D eigenvalue weighted by Crippen LogP contribution is 2.33. The summed E-state index contributed by atoms with van der Waals surface area (Å²) in [4.78, 5) is 37.7. The van der Waals surface area contributed by atoms with Crippen molar-refractivity contribution in [3.8, 4) is 0 Å². The molecule has 22 heavy (non-hydrogen) atoms. The average Bonchev–Trinajstić information content (AvgIpc) is 2.81. The van der Waals surface area contributed by atoms with Crippen LogP contribution in [-0.4, -0.2) is 47.9 Å².